The fraction of sp³-hybridized carbons (Fsp3) is 0.300. The summed E-state index contributed by atoms with van der Waals surface area (Å²) in [4.78, 5) is 16.1. The van der Waals surface area contributed by atoms with Crippen molar-refractivity contribution in [2.75, 3.05) is 5.32 Å². The summed E-state index contributed by atoms with van der Waals surface area (Å²) in [6.07, 6.45) is 3.42. The number of rotatable bonds is 5. The first kappa shape index (κ1) is 11.6. The van der Waals surface area contributed by atoms with Crippen LogP contribution in [0.3, 0.4) is 0 Å². The van der Waals surface area contributed by atoms with Crippen molar-refractivity contribution in [3.05, 3.63) is 28.5 Å². The number of nitrogens with zero attached hydrogens (tertiary/aromatic N) is 3. The first-order valence-electron chi connectivity index (χ1n) is 5.09. The minimum absolute atomic E-state index is 0.0985. The third kappa shape index (κ3) is 3.04. The molecule has 0 saturated carbocycles. The lowest BCUT2D eigenvalue weighted by atomic mass is 10.4. The van der Waals surface area contributed by atoms with Crippen LogP contribution in [0.1, 0.15) is 10.6 Å². The predicted octanol–water partition coefficient (Wildman–Crippen LogP) is 0.745. The van der Waals surface area contributed by atoms with E-state index in [9.17, 15) is 4.79 Å². The van der Waals surface area contributed by atoms with Crippen LogP contribution in [0.15, 0.2) is 17.9 Å². The molecular formula is C10H13N5OS. The normalized spacial score (nSPS) is 10.4. The van der Waals surface area contributed by atoms with Crippen molar-refractivity contribution < 1.29 is 4.79 Å². The van der Waals surface area contributed by atoms with Crippen LogP contribution in [-0.4, -0.2) is 20.7 Å². The minimum Gasteiger partial charge on any atom is -0.378 e. The molecule has 2 rings (SSSR count). The topological polar surface area (TPSA) is 85.8 Å². The molecule has 0 saturated heterocycles. The smallest absolute Gasteiger partial charge is 0.239 e. The summed E-state index contributed by atoms with van der Waals surface area (Å²) in [6, 6.07) is 0. The fourth-order valence-electron chi connectivity index (χ4n) is 1.38. The Hall–Kier alpha value is -1.89. The first-order chi connectivity index (χ1) is 8.15. The van der Waals surface area contributed by atoms with E-state index >= 15 is 0 Å². The predicted molar refractivity (Wildman–Crippen MR) is 65.6 cm³/mol. The number of thiazole rings is 1. The third-order valence-corrected chi connectivity index (χ3v) is 3.18. The van der Waals surface area contributed by atoms with Crippen LogP contribution in [-0.2, 0) is 17.9 Å². The van der Waals surface area contributed by atoms with Gasteiger partial charge in [-0.05, 0) is 6.92 Å². The van der Waals surface area contributed by atoms with Gasteiger partial charge in [0.2, 0.25) is 5.91 Å². The summed E-state index contributed by atoms with van der Waals surface area (Å²) in [7, 11) is 0. The zero-order valence-electron chi connectivity index (χ0n) is 9.38. The highest BCUT2D eigenvalue weighted by Gasteiger charge is 2.03. The highest BCUT2D eigenvalue weighted by atomic mass is 32.1. The number of aromatic nitrogens is 3. The van der Waals surface area contributed by atoms with Gasteiger partial charge in [-0.25, -0.2) is 4.98 Å². The largest absolute Gasteiger partial charge is 0.378 e. The Bertz CT molecular complexity index is 518. The van der Waals surface area contributed by atoms with Crippen molar-refractivity contribution in [3.63, 3.8) is 0 Å². The van der Waals surface area contributed by atoms with Gasteiger partial charge < -0.3 is 11.1 Å². The average Bonchev–Trinajstić information content (AvgIpc) is 2.84. The van der Waals surface area contributed by atoms with Crippen molar-refractivity contribution in [1.29, 1.82) is 0 Å². The summed E-state index contributed by atoms with van der Waals surface area (Å²) in [5.41, 5.74) is 8.79. The number of nitrogens with one attached hydrogen (secondary N) is 1. The standard InChI is InChI=1S/C10H13N5OS/c1-7-9(17-6-13-7)3-12-8-2-14-15(4-8)5-10(11)16/h2,4,6,12H,3,5H2,1H3,(H2,11,16). The molecule has 0 radical (unpaired) electrons. The Kier molecular flexibility index (Phi) is 3.38. The van der Waals surface area contributed by atoms with Gasteiger partial charge in [-0.3, -0.25) is 9.48 Å². The van der Waals surface area contributed by atoms with Gasteiger partial charge in [-0.15, -0.1) is 11.3 Å². The number of primary amides is 1. The lowest BCUT2D eigenvalue weighted by Gasteiger charge is -2.01. The molecule has 0 aliphatic carbocycles. The summed E-state index contributed by atoms with van der Waals surface area (Å²) in [6.45, 7) is 2.78. The Morgan fingerprint density at radius 2 is 2.47 bits per heavy atom. The van der Waals surface area contributed by atoms with Crippen molar-refractivity contribution in [2.45, 2.75) is 20.0 Å². The van der Waals surface area contributed by atoms with Gasteiger partial charge in [0.15, 0.2) is 0 Å². The van der Waals surface area contributed by atoms with E-state index < -0.39 is 5.91 Å². The van der Waals surface area contributed by atoms with Gasteiger partial charge in [0.25, 0.3) is 0 Å². The van der Waals surface area contributed by atoms with E-state index in [0.717, 1.165) is 11.4 Å². The van der Waals surface area contributed by atoms with Gasteiger partial charge >= 0.3 is 0 Å². The van der Waals surface area contributed by atoms with Gasteiger partial charge in [-0.2, -0.15) is 5.10 Å². The Labute approximate surface area is 102 Å². The molecule has 0 aliphatic heterocycles. The second-order valence-electron chi connectivity index (χ2n) is 3.61. The van der Waals surface area contributed by atoms with Crippen LogP contribution >= 0.6 is 11.3 Å². The van der Waals surface area contributed by atoms with Crippen LogP contribution in [0.5, 0.6) is 0 Å². The molecule has 0 aliphatic rings. The molecule has 3 N–H and O–H groups in total. The molecule has 0 fully saturated rings. The van der Waals surface area contributed by atoms with E-state index in [1.807, 2.05) is 12.4 Å². The van der Waals surface area contributed by atoms with Crippen molar-refractivity contribution >= 4 is 22.9 Å². The molecular weight excluding hydrogens is 238 g/mol. The zero-order chi connectivity index (χ0) is 12.3. The molecule has 0 atom stereocenters. The summed E-state index contributed by atoms with van der Waals surface area (Å²) >= 11 is 1.61. The number of anilines is 1. The second kappa shape index (κ2) is 4.96. The van der Waals surface area contributed by atoms with E-state index in [4.69, 9.17) is 5.73 Å². The molecule has 0 bridgehead atoms. The van der Waals surface area contributed by atoms with Gasteiger partial charge in [0, 0.05) is 11.1 Å². The molecule has 17 heavy (non-hydrogen) atoms. The number of amides is 1. The van der Waals surface area contributed by atoms with Crippen LogP contribution < -0.4 is 11.1 Å². The monoisotopic (exact) mass is 251 g/mol. The van der Waals surface area contributed by atoms with Crippen LogP contribution in [0, 0.1) is 6.92 Å². The highest BCUT2D eigenvalue weighted by molar-refractivity contribution is 7.09. The van der Waals surface area contributed by atoms with E-state index in [2.05, 4.69) is 15.4 Å². The van der Waals surface area contributed by atoms with E-state index in [-0.39, 0.29) is 6.54 Å². The number of carbonyl (C=O) groups is 1. The molecule has 0 unspecified atom stereocenters. The second-order valence-corrected chi connectivity index (χ2v) is 4.55. The SMILES string of the molecule is Cc1ncsc1CNc1cnn(CC(N)=O)c1. The summed E-state index contributed by atoms with van der Waals surface area (Å²) < 4.78 is 1.50. The molecule has 7 heteroatoms. The lowest BCUT2D eigenvalue weighted by Crippen LogP contribution is -2.18. The van der Waals surface area contributed by atoms with Gasteiger partial charge in [0.1, 0.15) is 6.54 Å². The number of carbonyl (C=O) groups excluding carboxylic acids is 1. The zero-order valence-corrected chi connectivity index (χ0v) is 10.2. The van der Waals surface area contributed by atoms with E-state index in [1.54, 1.807) is 23.7 Å². The van der Waals surface area contributed by atoms with Crippen LogP contribution in [0.2, 0.25) is 0 Å². The average molecular weight is 251 g/mol. The number of aryl methyl sites for hydroxylation is 1. The third-order valence-electron chi connectivity index (χ3n) is 2.25. The Balaban J connectivity index is 1.93. The van der Waals surface area contributed by atoms with Crippen molar-refractivity contribution in [1.82, 2.24) is 14.8 Å². The number of nitrogens with two attached hydrogens (primary N) is 1. The van der Waals surface area contributed by atoms with E-state index in [1.165, 1.54) is 9.56 Å². The minimum atomic E-state index is -0.405. The lowest BCUT2D eigenvalue weighted by molar-refractivity contribution is -0.118. The van der Waals surface area contributed by atoms with Gasteiger partial charge in [0.05, 0.1) is 29.6 Å². The quantitative estimate of drug-likeness (QED) is 0.821. The Morgan fingerprint density at radius 1 is 1.65 bits per heavy atom. The number of hydrogen-bond acceptors (Lipinski definition) is 5. The van der Waals surface area contributed by atoms with Crippen molar-refractivity contribution in [2.24, 2.45) is 5.73 Å². The molecule has 1 amide bonds. The molecule has 0 spiro atoms. The Morgan fingerprint density at radius 3 is 3.12 bits per heavy atom. The summed E-state index contributed by atoms with van der Waals surface area (Å²) in [5.74, 6) is -0.405. The number of hydrogen-bond donors (Lipinski definition) is 2. The maximum absolute atomic E-state index is 10.7. The fourth-order valence-corrected chi connectivity index (χ4v) is 2.10. The van der Waals surface area contributed by atoms with Crippen molar-refractivity contribution in [3.8, 4) is 0 Å². The first-order valence-corrected chi connectivity index (χ1v) is 5.96. The van der Waals surface area contributed by atoms with Crippen LogP contribution in [0.25, 0.3) is 0 Å². The van der Waals surface area contributed by atoms with Crippen LogP contribution in [0.4, 0.5) is 5.69 Å². The van der Waals surface area contributed by atoms with Gasteiger partial charge in [-0.1, -0.05) is 0 Å². The molecule has 6 nitrogen and oxygen atoms in total. The maximum Gasteiger partial charge on any atom is 0.239 e. The molecule has 2 aromatic rings. The highest BCUT2D eigenvalue weighted by Crippen LogP contribution is 2.14. The molecule has 0 aromatic carbocycles. The molecule has 2 heterocycles. The maximum atomic E-state index is 10.7. The summed E-state index contributed by atoms with van der Waals surface area (Å²) in [5, 5.41) is 7.24. The molecule has 90 valence electrons. The molecule has 2 aromatic heterocycles. The van der Waals surface area contributed by atoms with E-state index in [0.29, 0.717) is 6.54 Å².